The van der Waals surface area contributed by atoms with Crippen LogP contribution in [0.1, 0.15) is 10.5 Å². The van der Waals surface area contributed by atoms with E-state index < -0.39 is 0 Å². The molecule has 1 heterocycles. The summed E-state index contributed by atoms with van der Waals surface area (Å²) in [6.45, 7) is 0. The minimum absolute atomic E-state index is 0.0506. The third-order valence-electron chi connectivity index (χ3n) is 2.07. The van der Waals surface area contributed by atoms with Gasteiger partial charge in [0.05, 0.1) is 5.88 Å². The van der Waals surface area contributed by atoms with Gasteiger partial charge in [-0.2, -0.15) is 0 Å². The average molecular weight is 351 g/mol. The maximum absolute atomic E-state index is 11.4. The van der Waals surface area contributed by atoms with Crippen molar-refractivity contribution in [2.45, 2.75) is 0 Å². The van der Waals surface area contributed by atoms with Crippen molar-refractivity contribution in [3.63, 3.8) is 0 Å². The maximum atomic E-state index is 11.4. The van der Waals surface area contributed by atoms with Gasteiger partial charge in [-0.05, 0) is 18.2 Å². The van der Waals surface area contributed by atoms with Gasteiger partial charge in [0.2, 0.25) is 0 Å². The Bertz CT molecular complexity index is 570. The molecule has 0 radical (unpaired) electrons. The van der Waals surface area contributed by atoms with Crippen LogP contribution in [0, 0.1) is 0 Å². The van der Waals surface area contributed by atoms with Gasteiger partial charge in [-0.3, -0.25) is 4.79 Å². The predicted molar refractivity (Wildman–Crippen MR) is 75.3 cm³/mol. The first kappa shape index (κ1) is 13.0. The van der Waals surface area contributed by atoms with E-state index in [1.165, 1.54) is 11.3 Å². The van der Waals surface area contributed by atoms with Gasteiger partial charge in [-0.15, -0.1) is 22.9 Å². The highest BCUT2D eigenvalue weighted by Gasteiger charge is 2.12. The number of ketones is 1. The lowest BCUT2D eigenvalue weighted by atomic mass is 10.2. The van der Waals surface area contributed by atoms with Gasteiger partial charge in [0, 0.05) is 20.4 Å². The number of carbonyl (C=O) groups is 1. The second-order valence-corrected chi connectivity index (χ2v) is 5.64. The monoisotopic (exact) mass is 349 g/mol. The fraction of sp³-hybridized carbons (Fsp3) is 0.0909. The van der Waals surface area contributed by atoms with Crippen molar-refractivity contribution in [3.8, 4) is 10.6 Å². The summed E-state index contributed by atoms with van der Waals surface area (Å²) in [6.07, 6.45) is 0. The van der Waals surface area contributed by atoms with Crippen molar-refractivity contribution in [2.24, 2.45) is 0 Å². The van der Waals surface area contributed by atoms with E-state index in [1.807, 2.05) is 6.07 Å². The van der Waals surface area contributed by atoms with Crippen LogP contribution in [-0.2, 0) is 0 Å². The van der Waals surface area contributed by atoms with E-state index in [1.54, 1.807) is 17.5 Å². The summed E-state index contributed by atoms with van der Waals surface area (Å²) in [5, 5.41) is 3.12. The summed E-state index contributed by atoms with van der Waals surface area (Å²) in [5.41, 5.74) is 1.31. The molecule has 2 nitrogen and oxygen atoms in total. The lowest BCUT2D eigenvalue weighted by Gasteiger charge is -2.00. The lowest BCUT2D eigenvalue weighted by molar-refractivity contribution is 0.101. The van der Waals surface area contributed by atoms with Crippen molar-refractivity contribution in [3.05, 3.63) is 38.8 Å². The summed E-state index contributed by atoms with van der Waals surface area (Å²) >= 11 is 16.2. The molecule has 0 aliphatic carbocycles. The molecule has 0 N–H and O–H groups in total. The Morgan fingerprint density at radius 1 is 1.47 bits per heavy atom. The molecule has 0 aliphatic heterocycles. The van der Waals surface area contributed by atoms with Gasteiger partial charge in [-0.25, -0.2) is 4.98 Å². The number of halogens is 3. The van der Waals surface area contributed by atoms with E-state index in [-0.39, 0.29) is 11.7 Å². The highest BCUT2D eigenvalue weighted by molar-refractivity contribution is 9.10. The number of Topliss-reactive ketones (excluding diaryl/α,β-unsaturated/α-hetero) is 1. The van der Waals surface area contributed by atoms with Crippen LogP contribution in [-0.4, -0.2) is 16.6 Å². The Morgan fingerprint density at radius 2 is 2.24 bits per heavy atom. The zero-order chi connectivity index (χ0) is 12.4. The third kappa shape index (κ3) is 2.88. The minimum Gasteiger partial charge on any atom is -0.291 e. The van der Waals surface area contributed by atoms with Gasteiger partial charge in [0.15, 0.2) is 5.78 Å². The Morgan fingerprint density at radius 3 is 2.88 bits per heavy atom. The third-order valence-corrected chi connectivity index (χ3v) is 4.08. The molecular formula is C11H6BrCl2NOS. The first-order valence-corrected chi connectivity index (χ1v) is 7.20. The molecule has 1 aromatic carbocycles. The standard InChI is InChI=1S/C11H6BrCl2NOS/c12-8-3-6(14)1-2-7(8)11-15-9(5-17-11)10(16)4-13/h1-3,5H,4H2. The molecule has 0 saturated heterocycles. The van der Waals surface area contributed by atoms with Gasteiger partial charge < -0.3 is 0 Å². The number of hydrogen-bond donors (Lipinski definition) is 0. The first-order valence-electron chi connectivity index (χ1n) is 4.62. The molecule has 17 heavy (non-hydrogen) atoms. The predicted octanol–water partition coefficient (Wildman–Crippen LogP) is 4.65. The van der Waals surface area contributed by atoms with E-state index in [0.29, 0.717) is 10.7 Å². The fourth-order valence-corrected chi connectivity index (χ4v) is 3.26. The zero-order valence-electron chi connectivity index (χ0n) is 8.41. The first-order chi connectivity index (χ1) is 8.11. The van der Waals surface area contributed by atoms with Crippen LogP contribution >= 0.6 is 50.5 Å². The van der Waals surface area contributed by atoms with Crippen LogP contribution < -0.4 is 0 Å². The highest BCUT2D eigenvalue weighted by Crippen LogP contribution is 2.32. The highest BCUT2D eigenvalue weighted by atomic mass is 79.9. The van der Waals surface area contributed by atoms with E-state index >= 15 is 0 Å². The summed E-state index contributed by atoms with van der Waals surface area (Å²) in [4.78, 5) is 15.6. The average Bonchev–Trinajstić information content (AvgIpc) is 2.77. The number of nitrogens with zero attached hydrogens (tertiary/aromatic N) is 1. The Labute approximate surface area is 121 Å². The number of thiazole rings is 1. The molecule has 2 rings (SSSR count). The van der Waals surface area contributed by atoms with Crippen LogP contribution in [0.2, 0.25) is 5.02 Å². The largest absolute Gasteiger partial charge is 0.291 e. The van der Waals surface area contributed by atoms with Crippen LogP contribution in [0.4, 0.5) is 0 Å². The molecule has 0 aliphatic rings. The minimum atomic E-state index is -0.167. The lowest BCUT2D eigenvalue weighted by Crippen LogP contribution is -2.00. The number of aromatic nitrogens is 1. The molecule has 0 spiro atoms. The van der Waals surface area contributed by atoms with Crippen molar-refractivity contribution < 1.29 is 4.79 Å². The molecule has 88 valence electrons. The van der Waals surface area contributed by atoms with E-state index in [9.17, 15) is 4.79 Å². The quantitative estimate of drug-likeness (QED) is 0.595. The summed E-state index contributed by atoms with van der Waals surface area (Å²) < 4.78 is 0.851. The van der Waals surface area contributed by atoms with Crippen molar-refractivity contribution in [1.29, 1.82) is 0 Å². The normalized spacial score (nSPS) is 10.5. The summed E-state index contributed by atoms with van der Waals surface area (Å²) in [5.74, 6) is -0.218. The second kappa shape index (κ2) is 5.48. The Hall–Kier alpha value is -0.420. The maximum Gasteiger partial charge on any atom is 0.196 e. The molecule has 6 heteroatoms. The second-order valence-electron chi connectivity index (χ2n) is 3.22. The van der Waals surface area contributed by atoms with Crippen LogP contribution in [0.5, 0.6) is 0 Å². The fourth-order valence-electron chi connectivity index (χ4n) is 1.26. The van der Waals surface area contributed by atoms with E-state index in [0.717, 1.165) is 15.0 Å². The molecule has 2 aromatic rings. The number of hydrogen-bond acceptors (Lipinski definition) is 3. The van der Waals surface area contributed by atoms with Crippen LogP contribution in [0.3, 0.4) is 0 Å². The molecule has 0 fully saturated rings. The van der Waals surface area contributed by atoms with E-state index in [2.05, 4.69) is 20.9 Å². The van der Waals surface area contributed by atoms with Crippen LogP contribution in [0.25, 0.3) is 10.6 Å². The summed E-state index contributed by atoms with van der Waals surface area (Å²) in [6, 6.07) is 5.44. The molecular weight excluding hydrogens is 345 g/mol. The molecule has 0 bridgehead atoms. The van der Waals surface area contributed by atoms with Crippen molar-refractivity contribution >= 4 is 56.3 Å². The molecule has 0 atom stereocenters. The van der Waals surface area contributed by atoms with Crippen LogP contribution in [0.15, 0.2) is 28.1 Å². The number of alkyl halides is 1. The van der Waals surface area contributed by atoms with E-state index in [4.69, 9.17) is 23.2 Å². The van der Waals surface area contributed by atoms with Gasteiger partial charge >= 0.3 is 0 Å². The number of rotatable bonds is 3. The number of carbonyl (C=O) groups excluding carboxylic acids is 1. The Balaban J connectivity index is 2.40. The molecule has 0 saturated carbocycles. The number of benzene rings is 1. The van der Waals surface area contributed by atoms with Gasteiger partial charge in [-0.1, -0.05) is 27.5 Å². The molecule has 1 aromatic heterocycles. The SMILES string of the molecule is O=C(CCl)c1csc(-c2ccc(Cl)cc2Br)n1. The topological polar surface area (TPSA) is 30.0 Å². The van der Waals surface area contributed by atoms with Crippen molar-refractivity contribution in [1.82, 2.24) is 4.98 Å². The molecule has 0 amide bonds. The van der Waals surface area contributed by atoms with Gasteiger partial charge in [0.1, 0.15) is 10.7 Å². The van der Waals surface area contributed by atoms with Gasteiger partial charge in [0.25, 0.3) is 0 Å². The van der Waals surface area contributed by atoms with Crippen molar-refractivity contribution in [2.75, 3.05) is 5.88 Å². The Kier molecular flexibility index (Phi) is 4.20. The molecule has 0 unspecified atom stereocenters. The zero-order valence-corrected chi connectivity index (χ0v) is 12.3. The summed E-state index contributed by atoms with van der Waals surface area (Å²) in [7, 11) is 0. The smallest absolute Gasteiger partial charge is 0.196 e.